The number of anilines is 1. The predicted molar refractivity (Wildman–Crippen MR) is 63.6 cm³/mol. The number of aromatic nitrogens is 2. The smallest absolute Gasteiger partial charge is 0.158 e. The molecule has 0 spiro atoms. The quantitative estimate of drug-likeness (QED) is 0.784. The molecule has 0 radical (unpaired) electrons. The average molecular weight is 232 g/mol. The molecule has 1 saturated heterocycles. The van der Waals surface area contributed by atoms with Gasteiger partial charge in [0, 0.05) is 20.2 Å². The lowest BCUT2D eigenvalue weighted by molar-refractivity contribution is 0.143. The first-order chi connectivity index (χ1) is 8.33. The molecule has 1 unspecified atom stereocenters. The summed E-state index contributed by atoms with van der Waals surface area (Å²) in [6, 6.07) is 1.97. The summed E-state index contributed by atoms with van der Waals surface area (Å²) in [5.41, 5.74) is 0.360. The van der Waals surface area contributed by atoms with Crippen LogP contribution in [0, 0.1) is 17.2 Å². The Morgan fingerprint density at radius 3 is 3.06 bits per heavy atom. The molecule has 2 rings (SSSR count). The minimum absolute atomic E-state index is 0.360. The maximum atomic E-state index is 8.67. The maximum absolute atomic E-state index is 8.67. The third-order valence-electron chi connectivity index (χ3n) is 3.00. The van der Waals surface area contributed by atoms with Gasteiger partial charge in [-0.1, -0.05) is 0 Å². The zero-order valence-electron chi connectivity index (χ0n) is 9.96. The molecular weight excluding hydrogens is 216 g/mol. The number of hydrogen-bond acceptors (Lipinski definition) is 5. The fourth-order valence-corrected chi connectivity index (χ4v) is 2.19. The summed E-state index contributed by atoms with van der Waals surface area (Å²) in [6.07, 6.45) is 5.55. The van der Waals surface area contributed by atoms with Crippen molar-refractivity contribution in [1.82, 2.24) is 9.97 Å². The fourth-order valence-electron chi connectivity index (χ4n) is 2.19. The lowest BCUT2D eigenvalue weighted by atomic mass is 9.99. The van der Waals surface area contributed by atoms with Crippen molar-refractivity contribution in [3.05, 3.63) is 18.1 Å². The highest BCUT2D eigenvalue weighted by Crippen LogP contribution is 2.21. The van der Waals surface area contributed by atoms with E-state index in [-0.39, 0.29) is 0 Å². The Kier molecular flexibility index (Phi) is 3.89. The minimum atomic E-state index is 0.360. The van der Waals surface area contributed by atoms with Crippen LogP contribution in [0.15, 0.2) is 12.4 Å². The van der Waals surface area contributed by atoms with Crippen LogP contribution in [0.2, 0.25) is 0 Å². The molecule has 0 aliphatic carbocycles. The molecule has 5 heteroatoms. The largest absolute Gasteiger partial charge is 0.384 e. The zero-order valence-corrected chi connectivity index (χ0v) is 9.96. The van der Waals surface area contributed by atoms with Gasteiger partial charge in [-0.3, -0.25) is 0 Å². The first-order valence-corrected chi connectivity index (χ1v) is 5.79. The Morgan fingerprint density at radius 1 is 1.53 bits per heavy atom. The summed E-state index contributed by atoms with van der Waals surface area (Å²) in [5.74, 6) is 1.41. The Bertz CT molecular complexity index is 396. The maximum Gasteiger partial charge on any atom is 0.158 e. The number of hydrogen-bond donors (Lipinski definition) is 0. The molecule has 17 heavy (non-hydrogen) atoms. The highest BCUT2D eigenvalue weighted by molar-refractivity contribution is 5.37. The molecule has 0 amide bonds. The number of rotatable bonds is 3. The SMILES string of the molecule is COCC1CCCN(c2cnc(C#N)cn2)C1. The Hall–Kier alpha value is -1.67. The molecule has 1 aliphatic heterocycles. The van der Waals surface area contributed by atoms with E-state index in [0.717, 1.165) is 31.9 Å². The van der Waals surface area contributed by atoms with Gasteiger partial charge in [-0.05, 0) is 18.8 Å². The van der Waals surface area contributed by atoms with Gasteiger partial charge in [-0.2, -0.15) is 5.26 Å². The fraction of sp³-hybridized carbons (Fsp3) is 0.583. The van der Waals surface area contributed by atoms with Crippen LogP contribution in [0.4, 0.5) is 5.82 Å². The molecule has 0 aromatic carbocycles. The zero-order chi connectivity index (χ0) is 12.1. The van der Waals surface area contributed by atoms with Crippen LogP contribution >= 0.6 is 0 Å². The highest BCUT2D eigenvalue weighted by Gasteiger charge is 2.20. The standard InChI is InChI=1S/C12H16N4O/c1-17-9-10-3-2-4-16(8-10)12-7-14-11(5-13)6-15-12/h6-7,10H,2-4,8-9H2,1H3. The van der Waals surface area contributed by atoms with E-state index in [2.05, 4.69) is 14.9 Å². The molecule has 5 nitrogen and oxygen atoms in total. The second-order valence-corrected chi connectivity index (χ2v) is 4.28. The van der Waals surface area contributed by atoms with Crippen molar-refractivity contribution < 1.29 is 4.74 Å². The molecule has 2 heterocycles. The van der Waals surface area contributed by atoms with Crippen LogP contribution < -0.4 is 4.90 Å². The van der Waals surface area contributed by atoms with Gasteiger partial charge in [0.1, 0.15) is 11.9 Å². The molecular formula is C12H16N4O. The second kappa shape index (κ2) is 5.60. The Balaban J connectivity index is 2.03. The van der Waals surface area contributed by atoms with Crippen molar-refractivity contribution in [3.63, 3.8) is 0 Å². The van der Waals surface area contributed by atoms with Crippen molar-refractivity contribution in [1.29, 1.82) is 5.26 Å². The van der Waals surface area contributed by atoms with Crippen molar-refractivity contribution in [3.8, 4) is 6.07 Å². The average Bonchev–Trinajstić information content (AvgIpc) is 2.40. The van der Waals surface area contributed by atoms with Crippen LogP contribution in [0.1, 0.15) is 18.5 Å². The van der Waals surface area contributed by atoms with Crippen molar-refractivity contribution in [2.45, 2.75) is 12.8 Å². The minimum Gasteiger partial charge on any atom is -0.384 e. The van der Waals surface area contributed by atoms with Crippen LogP contribution in [-0.4, -0.2) is 36.8 Å². The molecule has 1 aromatic rings. The number of nitrogens with zero attached hydrogens (tertiary/aromatic N) is 4. The lowest BCUT2D eigenvalue weighted by Gasteiger charge is -2.32. The third-order valence-corrected chi connectivity index (χ3v) is 3.00. The first kappa shape index (κ1) is 11.8. The molecule has 0 bridgehead atoms. The van der Waals surface area contributed by atoms with Gasteiger partial charge >= 0.3 is 0 Å². The van der Waals surface area contributed by atoms with Gasteiger partial charge in [-0.25, -0.2) is 9.97 Å². The number of nitriles is 1. The molecule has 90 valence electrons. The summed E-state index contributed by atoms with van der Waals surface area (Å²) < 4.78 is 5.20. The van der Waals surface area contributed by atoms with Crippen LogP contribution in [0.3, 0.4) is 0 Å². The van der Waals surface area contributed by atoms with E-state index < -0.39 is 0 Å². The van der Waals surface area contributed by atoms with E-state index in [1.165, 1.54) is 12.6 Å². The predicted octanol–water partition coefficient (Wildman–Crippen LogP) is 1.21. The van der Waals surface area contributed by atoms with Crippen LogP contribution in [0.5, 0.6) is 0 Å². The van der Waals surface area contributed by atoms with Crippen LogP contribution in [-0.2, 0) is 4.74 Å². The van der Waals surface area contributed by atoms with E-state index in [4.69, 9.17) is 10.00 Å². The first-order valence-electron chi connectivity index (χ1n) is 5.79. The Morgan fingerprint density at radius 2 is 2.41 bits per heavy atom. The highest BCUT2D eigenvalue weighted by atomic mass is 16.5. The van der Waals surface area contributed by atoms with E-state index in [1.807, 2.05) is 6.07 Å². The van der Waals surface area contributed by atoms with Crippen LogP contribution in [0.25, 0.3) is 0 Å². The van der Waals surface area contributed by atoms with E-state index in [1.54, 1.807) is 13.3 Å². The summed E-state index contributed by atoms with van der Waals surface area (Å²) >= 11 is 0. The summed E-state index contributed by atoms with van der Waals surface area (Å²) in [5, 5.41) is 8.67. The van der Waals surface area contributed by atoms with Gasteiger partial charge in [-0.15, -0.1) is 0 Å². The van der Waals surface area contributed by atoms with Gasteiger partial charge in [0.15, 0.2) is 5.69 Å². The third kappa shape index (κ3) is 2.92. The molecule has 0 saturated carbocycles. The summed E-state index contributed by atoms with van der Waals surface area (Å²) in [4.78, 5) is 10.5. The number of piperidine rings is 1. The number of methoxy groups -OCH3 is 1. The van der Waals surface area contributed by atoms with Gasteiger partial charge in [0.2, 0.25) is 0 Å². The van der Waals surface area contributed by atoms with Crippen molar-refractivity contribution >= 4 is 5.82 Å². The Labute approximate surface area is 101 Å². The van der Waals surface area contributed by atoms with Gasteiger partial charge < -0.3 is 9.64 Å². The second-order valence-electron chi connectivity index (χ2n) is 4.28. The summed E-state index contributed by atoms with van der Waals surface area (Å²) in [7, 11) is 1.74. The molecule has 1 aliphatic rings. The van der Waals surface area contributed by atoms with Gasteiger partial charge in [0.05, 0.1) is 19.0 Å². The molecule has 0 N–H and O–H groups in total. The number of ether oxygens (including phenoxy) is 1. The normalized spacial score (nSPS) is 20.0. The van der Waals surface area contributed by atoms with Crippen molar-refractivity contribution in [2.75, 3.05) is 31.7 Å². The topological polar surface area (TPSA) is 62.0 Å². The van der Waals surface area contributed by atoms with E-state index in [0.29, 0.717) is 11.6 Å². The molecule has 1 aromatic heterocycles. The van der Waals surface area contributed by atoms with Gasteiger partial charge in [0.25, 0.3) is 0 Å². The molecule has 1 fully saturated rings. The summed E-state index contributed by atoms with van der Waals surface area (Å²) in [6.45, 7) is 2.75. The van der Waals surface area contributed by atoms with E-state index in [9.17, 15) is 0 Å². The monoisotopic (exact) mass is 232 g/mol. The lowest BCUT2D eigenvalue weighted by Crippen LogP contribution is -2.37. The van der Waals surface area contributed by atoms with Crippen molar-refractivity contribution in [2.24, 2.45) is 5.92 Å². The van der Waals surface area contributed by atoms with E-state index >= 15 is 0 Å². The molecule has 1 atom stereocenters.